The van der Waals surface area contributed by atoms with Crippen molar-refractivity contribution in [1.29, 1.82) is 0 Å². The largest absolute Gasteiger partial charge is 0.283 e. The molecule has 2 heterocycles. The lowest BCUT2D eigenvalue weighted by Crippen LogP contribution is -2.22. The number of aromatic nitrogens is 5. The number of aromatic amines is 1. The fraction of sp³-hybridized carbons (Fsp3) is 0.588. The van der Waals surface area contributed by atoms with Gasteiger partial charge in [-0.1, -0.05) is 30.2 Å². The molecular weight excluding hydrogens is 274 g/mol. The van der Waals surface area contributed by atoms with Gasteiger partial charge in [0.05, 0.1) is 17.9 Å². The topological polar surface area (TPSA) is 59.4 Å². The van der Waals surface area contributed by atoms with Gasteiger partial charge in [-0.05, 0) is 44.6 Å². The molecule has 0 radical (unpaired) electrons. The smallest absolute Gasteiger partial charge is 0.0867 e. The van der Waals surface area contributed by atoms with Crippen molar-refractivity contribution in [2.75, 3.05) is 0 Å². The fourth-order valence-corrected chi connectivity index (χ4v) is 3.46. The molecule has 118 valence electrons. The zero-order valence-electron chi connectivity index (χ0n) is 14.0. The van der Waals surface area contributed by atoms with Crippen LogP contribution in [0.15, 0.2) is 23.4 Å². The van der Waals surface area contributed by atoms with E-state index in [9.17, 15) is 0 Å². The molecule has 5 nitrogen and oxygen atoms in total. The number of allylic oxidation sites excluding steroid dienone is 2. The lowest BCUT2D eigenvalue weighted by Gasteiger charge is -2.34. The van der Waals surface area contributed by atoms with Crippen molar-refractivity contribution in [2.24, 2.45) is 5.41 Å². The highest BCUT2D eigenvalue weighted by atomic mass is 15.4. The van der Waals surface area contributed by atoms with E-state index in [1.165, 1.54) is 24.8 Å². The molecule has 0 bridgehead atoms. The van der Waals surface area contributed by atoms with Crippen LogP contribution >= 0.6 is 0 Å². The molecule has 0 aliphatic heterocycles. The van der Waals surface area contributed by atoms with Crippen LogP contribution in [0.3, 0.4) is 0 Å². The summed E-state index contributed by atoms with van der Waals surface area (Å²) in [6.45, 7) is 9.64. The highest BCUT2D eigenvalue weighted by Gasteiger charge is 2.28. The number of nitrogens with one attached hydrogen (secondary N) is 1. The summed E-state index contributed by atoms with van der Waals surface area (Å²) in [4.78, 5) is 0. The van der Waals surface area contributed by atoms with E-state index in [0.717, 1.165) is 23.5 Å². The Hall–Kier alpha value is -1.91. The van der Waals surface area contributed by atoms with E-state index in [1.54, 1.807) is 5.57 Å². The minimum atomic E-state index is 0.283. The lowest BCUT2D eigenvalue weighted by atomic mass is 9.71. The highest BCUT2D eigenvalue weighted by Crippen LogP contribution is 2.41. The van der Waals surface area contributed by atoms with E-state index in [4.69, 9.17) is 0 Å². The van der Waals surface area contributed by atoms with Gasteiger partial charge >= 0.3 is 0 Å². The SMILES string of the molecule is CC1=C(Cc2cn(Cc3cc(C)[nH]n3)nn2)C(C)(C)CCC1. The number of nitrogens with zero attached hydrogens (tertiary/aromatic N) is 4. The number of rotatable bonds is 4. The van der Waals surface area contributed by atoms with Gasteiger partial charge < -0.3 is 0 Å². The predicted octanol–water partition coefficient (Wildman–Crippen LogP) is 3.43. The van der Waals surface area contributed by atoms with Crippen LogP contribution in [-0.2, 0) is 13.0 Å². The number of aryl methyl sites for hydroxylation is 1. The third-order valence-corrected chi connectivity index (χ3v) is 4.71. The van der Waals surface area contributed by atoms with Gasteiger partial charge in [0.2, 0.25) is 0 Å². The van der Waals surface area contributed by atoms with E-state index in [1.807, 2.05) is 17.7 Å². The number of H-pyrrole nitrogens is 1. The standard InChI is InChI=1S/C17H25N5/c1-12-6-5-7-17(3,4)16(12)9-15-11-22(21-20-15)10-14-8-13(2)18-19-14/h8,11H,5-7,9-10H2,1-4H3,(H,18,19). The highest BCUT2D eigenvalue weighted by molar-refractivity contribution is 5.26. The molecule has 0 fully saturated rings. The van der Waals surface area contributed by atoms with Gasteiger partial charge in [-0.2, -0.15) is 5.10 Å². The normalized spacial score (nSPS) is 18.0. The number of hydrogen-bond donors (Lipinski definition) is 1. The van der Waals surface area contributed by atoms with Gasteiger partial charge in [0, 0.05) is 18.3 Å². The van der Waals surface area contributed by atoms with Crippen molar-refractivity contribution in [2.45, 2.75) is 59.9 Å². The summed E-state index contributed by atoms with van der Waals surface area (Å²) in [6, 6.07) is 2.04. The van der Waals surface area contributed by atoms with Crippen LogP contribution in [0.1, 0.15) is 57.1 Å². The van der Waals surface area contributed by atoms with Gasteiger partial charge in [-0.25, -0.2) is 4.68 Å². The first-order chi connectivity index (χ1) is 10.4. The maximum Gasteiger partial charge on any atom is 0.0867 e. The Morgan fingerprint density at radius 1 is 1.27 bits per heavy atom. The first-order valence-electron chi connectivity index (χ1n) is 8.03. The quantitative estimate of drug-likeness (QED) is 0.880. The van der Waals surface area contributed by atoms with Gasteiger partial charge in [0.1, 0.15) is 0 Å². The molecule has 1 aliphatic carbocycles. The van der Waals surface area contributed by atoms with Crippen molar-refractivity contribution in [3.8, 4) is 0 Å². The zero-order valence-corrected chi connectivity index (χ0v) is 14.0. The van der Waals surface area contributed by atoms with Crippen LogP contribution in [-0.4, -0.2) is 25.2 Å². The van der Waals surface area contributed by atoms with E-state index in [-0.39, 0.29) is 5.41 Å². The molecule has 1 N–H and O–H groups in total. The minimum Gasteiger partial charge on any atom is -0.283 e. The molecule has 0 saturated carbocycles. The Morgan fingerprint density at radius 2 is 2.09 bits per heavy atom. The van der Waals surface area contributed by atoms with E-state index >= 15 is 0 Å². The first kappa shape index (κ1) is 15.0. The van der Waals surface area contributed by atoms with Gasteiger partial charge in [-0.15, -0.1) is 5.10 Å². The molecule has 0 unspecified atom stereocenters. The van der Waals surface area contributed by atoms with Crippen molar-refractivity contribution >= 4 is 0 Å². The zero-order chi connectivity index (χ0) is 15.7. The molecule has 0 amide bonds. The van der Waals surface area contributed by atoms with Crippen molar-refractivity contribution in [3.63, 3.8) is 0 Å². The van der Waals surface area contributed by atoms with Crippen LogP contribution in [0.25, 0.3) is 0 Å². The Bertz CT molecular complexity index is 689. The Balaban J connectivity index is 1.74. The third kappa shape index (κ3) is 3.13. The van der Waals surface area contributed by atoms with Gasteiger partial charge in [0.25, 0.3) is 0 Å². The summed E-state index contributed by atoms with van der Waals surface area (Å²) in [5.74, 6) is 0. The molecule has 0 aromatic carbocycles. The summed E-state index contributed by atoms with van der Waals surface area (Å²) in [5.41, 5.74) is 6.47. The second-order valence-electron chi connectivity index (χ2n) is 7.12. The molecule has 0 saturated heterocycles. The van der Waals surface area contributed by atoms with Crippen molar-refractivity contribution in [1.82, 2.24) is 25.2 Å². The Labute approximate surface area is 131 Å². The minimum absolute atomic E-state index is 0.283. The van der Waals surface area contributed by atoms with Gasteiger partial charge in [0.15, 0.2) is 0 Å². The third-order valence-electron chi connectivity index (χ3n) is 4.71. The molecular formula is C17H25N5. The van der Waals surface area contributed by atoms with E-state index in [2.05, 4.69) is 47.5 Å². The summed E-state index contributed by atoms with van der Waals surface area (Å²) >= 11 is 0. The second-order valence-corrected chi connectivity index (χ2v) is 7.12. The van der Waals surface area contributed by atoms with Crippen LogP contribution in [0, 0.1) is 12.3 Å². The molecule has 0 spiro atoms. The summed E-state index contributed by atoms with van der Waals surface area (Å²) in [6.07, 6.45) is 6.75. The van der Waals surface area contributed by atoms with Gasteiger partial charge in [-0.3, -0.25) is 5.10 Å². The van der Waals surface area contributed by atoms with E-state index < -0.39 is 0 Å². The maximum absolute atomic E-state index is 4.35. The average molecular weight is 299 g/mol. The lowest BCUT2D eigenvalue weighted by molar-refractivity contribution is 0.358. The second kappa shape index (κ2) is 5.71. The van der Waals surface area contributed by atoms with Crippen molar-refractivity contribution < 1.29 is 0 Å². The summed E-state index contributed by atoms with van der Waals surface area (Å²) in [7, 11) is 0. The monoisotopic (exact) mass is 299 g/mol. The van der Waals surface area contributed by atoms with Crippen LogP contribution in [0.2, 0.25) is 0 Å². The Kier molecular flexibility index (Phi) is 3.89. The van der Waals surface area contributed by atoms with Crippen LogP contribution in [0.5, 0.6) is 0 Å². The molecule has 2 aromatic heterocycles. The molecule has 1 aliphatic rings. The van der Waals surface area contributed by atoms with Crippen LogP contribution in [0.4, 0.5) is 0 Å². The summed E-state index contributed by atoms with van der Waals surface area (Å²) in [5, 5.41) is 15.8. The molecule has 5 heteroatoms. The Morgan fingerprint density at radius 3 is 2.77 bits per heavy atom. The van der Waals surface area contributed by atoms with E-state index in [0.29, 0.717) is 6.54 Å². The van der Waals surface area contributed by atoms with Crippen LogP contribution < -0.4 is 0 Å². The molecule has 0 atom stereocenters. The molecule has 22 heavy (non-hydrogen) atoms. The summed E-state index contributed by atoms with van der Waals surface area (Å²) < 4.78 is 1.87. The first-order valence-corrected chi connectivity index (χ1v) is 8.03. The average Bonchev–Trinajstić information content (AvgIpc) is 3.04. The fourth-order valence-electron chi connectivity index (χ4n) is 3.46. The molecule has 2 aromatic rings. The van der Waals surface area contributed by atoms with Crippen molar-refractivity contribution in [3.05, 3.63) is 40.5 Å². The number of hydrogen-bond acceptors (Lipinski definition) is 3. The predicted molar refractivity (Wildman–Crippen MR) is 86.5 cm³/mol. The maximum atomic E-state index is 4.35. The molecule has 3 rings (SSSR count).